The second-order valence-corrected chi connectivity index (χ2v) is 6.82. The zero-order chi connectivity index (χ0) is 14.0. The fourth-order valence-electron chi connectivity index (χ4n) is 1.79. The van der Waals surface area contributed by atoms with Gasteiger partial charge in [0.25, 0.3) is 0 Å². The molecule has 0 aromatic carbocycles. The Morgan fingerprint density at radius 1 is 1.53 bits per heavy atom. The molecule has 0 spiro atoms. The average molecular weight is 300 g/mol. The summed E-state index contributed by atoms with van der Waals surface area (Å²) < 4.78 is 28.9. The lowest BCUT2D eigenvalue weighted by Crippen LogP contribution is -2.26. The SMILES string of the molecule is Cc1csc(CN)c1S(=O)(=O)NCc1nccn1C. The molecule has 3 N–H and O–H groups in total. The molecule has 104 valence electrons. The number of imidazole rings is 1. The first-order chi connectivity index (χ1) is 8.95. The van der Waals surface area contributed by atoms with Gasteiger partial charge in [-0.15, -0.1) is 11.3 Å². The number of sulfonamides is 1. The van der Waals surface area contributed by atoms with Crippen LogP contribution in [0, 0.1) is 6.92 Å². The van der Waals surface area contributed by atoms with Crippen molar-refractivity contribution in [3.05, 3.63) is 34.0 Å². The maximum Gasteiger partial charge on any atom is 0.242 e. The first-order valence-electron chi connectivity index (χ1n) is 5.68. The van der Waals surface area contributed by atoms with Crippen LogP contribution >= 0.6 is 11.3 Å². The van der Waals surface area contributed by atoms with Crippen molar-refractivity contribution in [3.8, 4) is 0 Å². The summed E-state index contributed by atoms with van der Waals surface area (Å²) in [6.07, 6.45) is 3.40. The Bertz CT molecular complexity index is 673. The highest BCUT2D eigenvalue weighted by molar-refractivity contribution is 7.89. The quantitative estimate of drug-likeness (QED) is 0.851. The molecule has 0 aliphatic heterocycles. The third-order valence-corrected chi connectivity index (χ3v) is 5.67. The van der Waals surface area contributed by atoms with Gasteiger partial charge in [0, 0.05) is 30.9 Å². The first kappa shape index (κ1) is 14.2. The van der Waals surface area contributed by atoms with Crippen LogP contribution in [0.5, 0.6) is 0 Å². The number of hydrogen-bond acceptors (Lipinski definition) is 5. The van der Waals surface area contributed by atoms with Crippen LogP contribution in [-0.2, 0) is 30.2 Å². The summed E-state index contributed by atoms with van der Waals surface area (Å²) in [4.78, 5) is 5.05. The molecule has 8 heteroatoms. The van der Waals surface area contributed by atoms with Crippen molar-refractivity contribution < 1.29 is 8.42 Å². The second kappa shape index (κ2) is 5.41. The molecule has 0 fully saturated rings. The molecule has 0 aliphatic carbocycles. The zero-order valence-corrected chi connectivity index (χ0v) is 12.4. The van der Waals surface area contributed by atoms with Crippen molar-refractivity contribution >= 4 is 21.4 Å². The zero-order valence-electron chi connectivity index (χ0n) is 10.8. The van der Waals surface area contributed by atoms with E-state index in [2.05, 4.69) is 9.71 Å². The predicted octanol–water partition coefficient (Wildman–Crippen LogP) is 0.727. The smallest absolute Gasteiger partial charge is 0.242 e. The monoisotopic (exact) mass is 300 g/mol. The fraction of sp³-hybridized carbons (Fsp3) is 0.364. The van der Waals surface area contributed by atoms with Crippen molar-refractivity contribution in [1.82, 2.24) is 14.3 Å². The normalized spacial score (nSPS) is 11.9. The number of aryl methyl sites for hydroxylation is 2. The van der Waals surface area contributed by atoms with E-state index in [1.807, 2.05) is 7.05 Å². The van der Waals surface area contributed by atoms with Gasteiger partial charge in [-0.3, -0.25) is 0 Å². The van der Waals surface area contributed by atoms with Crippen LogP contribution in [0.4, 0.5) is 0 Å². The summed E-state index contributed by atoms with van der Waals surface area (Å²) in [6.45, 7) is 2.15. The molecule has 0 saturated carbocycles. The topological polar surface area (TPSA) is 90.0 Å². The fourth-order valence-corrected chi connectivity index (χ4v) is 4.47. The molecule has 19 heavy (non-hydrogen) atoms. The van der Waals surface area contributed by atoms with Gasteiger partial charge in [0.1, 0.15) is 10.7 Å². The highest BCUT2D eigenvalue weighted by atomic mass is 32.2. The van der Waals surface area contributed by atoms with E-state index in [1.54, 1.807) is 29.3 Å². The summed E-state index contributed by atoms with van der Waals surface area (Å²) in [5.74, 6) is 0.658. The van der Waals surface area contributed by atoms with E-state index < -0.39 is 10.0 Å². The maximum atomic E-state index is 12.3. The second-order valence-electron chi connectivity index (χ2n) is 4.15. The van der Waals surface area contributed by atoms with Gasteiger partial charge in [-0.25, -0.2) is 18.1 Å². The van der Waals surface area contributed by atoms with Crippen LogP contribution in [0.15, 0.2) is 22.7 Å². The molecule has 0 radical (unpaired) electrons. The van der Waals surface area contributed by atoms with E-state index in [-0.39, 0.29) is 13.1 Å². The minimum Gasteiger partial charge on any atom is -0.337 e. The molecule has 2 rings (SSSR count). The Balaban J connectivity index is 2.23. The van der Waals surface area contributed by atoms with Gasteiger partial charge in [0.15, 0.2) is 0 Å². The van der Waals surface area contributed by atoms with Gasteiger partial charge in [-0.2, -0.15) is 0 Å². The summed E-state index contributed by atoms with van der Waals surface area (Å²) in [5, 5.41) is 1.80. The average Bonchev–Trinajstić information content (AvgIpc) is 2.93. The summed E-state index contributed by atoms with van der Waals surface area (Å²) in [5.41, 5.74) is 6.30. The molecule has 2 aromatic rings. The van der Waals surface area contributed by atoms with Gasteiger partial charge >= 0.3 is 0 Å². The van der Waals surface area contributed by atoms with Crippen molar-refractivity contribution in [2.45, 2.75) is 24.9 Å². The molecule has 0 atom stereocenters. The Morgan fingerprint density at radius 2 is 2.26 bits per heavy atom. The van der Waals surface area contributed by atoms with Crippen molar-refractivity contribution in [1.29, 1.82) is 0 Å². The largest absolute Gasteiger partial charge is 0.337 e. The molecule has 0 saturated heterocycles. The van der Waals surface area contributed by atoms with E-state index in [4.69, 9.17) is 5.73 Å². The number of nitrogens with one attached hydrogen (secondary N) is 1. The van der Waals surface area contributed by atoms with Crippen molar-refractivity contribution in [3.63, 3.8) is 0 Å². The third kappa shape index (κ3) is 2.86. The van der Waals surface area contributed by atoms with Crippen LogP contribution in [0.1, 0.15) is 16.3 Å². The van der Waals surface area contributed by atoms with Crippen molar-refractivity contribution in [2.24, 2.45) is 12.8 Å². The number of hydrogen-bond donors (Lipinski definition) is 2. The van der Waals surface area contributed by atoms with E-state index in [9.17, 15) is 8.42 Å². The minimum absolute atomic E-state index is 0.158. The molecule has 0 amide bonds. The Kier molecular flexibility index (Phi) is 4.04. The maximum absolute atomic E-state index is 12.3. The number of nitrogens with zero attached hydrogens (tertiary/aromatic N) is 2. The van der Waals surface area contributed by atoms with E-state index in [0.717, 1.165) is 5.56 Å². The molecule has 6 nitrogen and oxygen atoms in total. The summed E-state index contributed by atoms with van der Waals surface area (Å²) in [7, 11) is -1.74. The molecule has 0 bridgehead atoms. The lowest BCUT2D eigenvalue weighted by atomic mass is 10.3. The van der Waals surface area contributed by atoms with Crippen LogP contribution in [0.25, 0.3) is 0 Å². The number of rotatable bonds is 5. The van der Waals surface area contributed by atoms with E-state index in [0.29, 0.717) is 15.6 Å². The Morgan fingerprint density at radius 3 is 2.84 bits per heavy atom. The number of nitrogens with two attached hydrogens (primary N) is 1. The van der Waals surface area contributed by atoms with Crippen LogP contribution < -0.4 is 10.5 Å². The van der Waals surface area contributed by atoms with Crippen LogP contribution in [0.3, 0.4) is 0 Å². The third-order valence-electron chi connectivity index (χ3n) is 2.78. The van der Waals surface area contributed by atoms with Crippen molar-refractivity contribution in [2.75, 3.05) is 0 Å². The van der Waals surface area contributed by atoms with Gasteiger partial charge < -0.3 is 10.3 Å². The van der Waals surface area contributed by atoms with E-state index >= 15 is 0 Å². The molecule has 0 unspecified atom stereocenters. The highest BCUT2D eigenvalue weighted by Gasteiger charge is 2.22. The van der Waals surface area contributed by atoms with Crippen LogP contribution in [-0.4, -0.2) is 18.0 Å². The lowest BCUT2D eigenvalue weighted by Gasteiger charge is -2.08. The predicted molar refractivity (Wildman–Crippen MR) is 74.2 cm³/mol. The Hall–Kier alpha value is -1.22. The number of aromatic nitrogens is 2. The van der Waals surface area contributed by atoms with E-state index in [1.165, 1.54) is 11.3 Å². The minimum atomic E-state index is -3.56. The van der Waals surface area contributed by atoms with Gasteiger partial charge in [0.05, 0.1) is 6.54 Å². The van der Waals surface area contributed by atoms with Crippen LogP contribution in [0.2, 0.25) is 0 Å². The molecule has 2 heterocycles. The lowest BCUT2D eigenvalue weighted by molar-refractivity contribution is 0.576. The molecular formula is C11H16N4O2S2. The number of thiophene rings is 1. The Labute approximate surface area is 116 Å². The summed E-state index contributed by atoms with van der Waals surface area (Å²) in [6, 6.07) is 0. The van der Waals surface area contributed by atoms with Gasteiger partial charge in [-0.1, -0.05) is 0 Å². The molecule has 0 aliphatic rings. The standard InChI is InChI=1S/C11H16N4O2S2/c1-8-7-18-9(5-12)11(8)19(16,17)14-6-10-13-3-4-15(10)2/h3-4,7,14H,5-6,12H2,1-2H3. The van der Waals surface area contributed by atoms with Gasteiger partial charge in [0.2, 0.25) is 10.0 Å². The highest BCUT2D eigenvalue weighted by Crippen LogP contribution is 2.26. The summed E-state index contributed by atoms with van der Waals surface area (Å²) >= 11 is 1.36. The molecule has 2 aromatic heterocycles. The first-order valence-corrected chi connectivity index (χ1v) is 8.05. The van der Waals surface area contributed by atoms with Gasteiger partial charge in [-0.05, 0) is 17.9 Å². The molecular weight excluding hydrogens is 284 g/mol.